The average molecular weight is 267 g/mol. The number of thiazole rings is 1. The molecule has 0 saturated carbocycles. The summed E-state index contributed by atoms with van der Waals surface area (Å²) < 4.78 is 1.02. The number of H-pyrrole nitrogens is 1. The fourth-order valence-electron chi connectivity index (χ4n) is 1.63. The van der Waals surface area contributed by atoms with Crippen molar-refractivity contribution < 1.29 is 5.11 Å². The van der Waals surface area contributed by atoms with Gasteiger partial charge in [-0.1, -0.05) is 6.92 Å². The maximum Gasteiger partial charge on any atom is 0.337 e. The molecule has 0 aliphatic carbocycles. The van der Waals surface area contributed by atoms with E-state index in [2.05, 4.69) is 9.97 Å². The number of nitrogens with zero attached hydrogens (tertiary/aromatic N) is 2. The molecule has 96 valence electrons. The largest absolute Gasteiger partial charge is 0.494 e. The van der Waals surface area contributed by atoms with Gasteiger partial charge in [0.2, 0.25) is 11.0 Å². The molecule has 0 atom stereocenters. The zero-order valence-electron chi connectivity index (χ0n) is 10.3. The van der Waals surface area contributed by atoms with Crippen molar-refractivity contribution in [3.8, 4) is 11.0 Å². The lowest BCUT2D eigenvalue weighted by molar-refractivity contribution is 0.426. The molecular weight excluding hydrogens is 254 g/mol. The first-order valence-corrected chi connectivity index (χ1v) is 6.29. The van der Waals surface area contributed by atoms with Gasteiger partial charge in [0.05, 0.1) is 11.3 Å². The van der Waals surface area contributed by atoms with Gasteiger partial charge >= 0.3 is 5.69 Å². The Labute approximate surface area is 107 Å². The number of rotatable bonds is 2. The lowest BCUT2D eigenvalue weighted by atomic mass is 10.3. The van der Waals surface area contributed by atoms with E-state index in [1.807, 2.05) is 13.8 Å². The Morgan fingerprint density at radius 3 is 2.61 bits per heavy atom. The molecule has 0 aliphatic heterocycles. The fourth-order valence-corrected chi connectivity index (χ4v) is 2.62. The number of nitrogens with one attached hydrogen (secondary N) is 1. The van der Waals surface area contributed by atoms with Gasteiger partial charge < -0.3 is 5.11 Å². The Hall–Kier alpha value is -1.89. The summed E-state index contributed by atoms with van der Waals surface area (Å²) in [5.41, 5.74) is -0.289. The van der Waals surface area contributed by atoms with Gasteiger partial charge in [0.15, 0.2) is 0 Å². The molecule has 0 unspecified atom stereocenters. The second kappa shape index (κ2) is 4.41. The van der Waals surface area contributed by atoms with Crippen LogP contribution in [0.2, 0.25) is 0 Å². The van der Waals surface area contributed by atoms with E-state index in [-0.39, 0.29) is 11.4 Å². The normalized spacial score (nSPS) is 10.8. The zero-order valence-corrected chi connectivity index (χ0v) is 11.1. The molecule has 0 amide bonds. The highest BCUT2D eigenvalue weighted by atomic mass is 32.1. The molecule has 0 aliphatic rings. The number of hydrogen-bond acceptors (Lipinski definition) is 5. The molecule has 2 rings (SSSR count). The highest BCUT2D eigenvalue weighted by Gasteiger charge is 2.16. The van der Waals surface area contributed by atoms with Crippen LogP contribution in [0.5, 0.6) is 5.88 Å². The van der Waals surface area contributed by atoms with E-state index in [1.165, 1.54) is 18.3 Å². The van der Waals surface area contributed by atoms with Crippen LogP contribution in [0.4, 0.5) is 0 Å². The van der Waals surface area contributed by atoms with Crippen molar-refractivity contribution in [1.29, 1.82) is 0 Å². The molecule has 0 fully saturated rings. The lowest BCUT2D eigenvalue weighted by Gasteiger charge is -2.05. The van der Waals surface area contributed by atoms with Gasteiger partial charge in [0.25, 0.3) is 5.56 Å². The molecule has 2 aromatic rings. The van der Waals surface area contributed by atoms with Crippen LogP contribution in [0.1, 0.15) is 23.1 Å². The van der Waals surface area contributed by atoms with Crippen molar-refractivity contribution in [3.05, 3.63) is 37.0 Å². The molecule has 0 spiro atoms. The predicted octanol–water partition coefficient (Wildman–Crippen LogP) is 0.867. The lowest BCUT2D eigenvalue weighted by Crippen LogP contribution is -2.30. The minimum Gasteiger partial charge on any atom is -0.494 e. The van der Waals surface area contributed by atoms with Crippen molar-refractivity contribution in [2.75, 3.05) is 0 Å². The van der Waals surface area contributed by atoms with E-state index >= 15 is 0 Å². The third-order valence-electron chi connectivity index (χ3n) is 2.72. The molecule has 0 saturated heterocycles. The first-order valence-electron chi connectivity index (χ1n) is 5.47. The van der Waals surface area contributed by atoms with E-state index in [0.29, 0.717) is 5.13 Å². The third kappa shape index (κ3) is 1.86. The predicted molar refractivity (Wildman–Crippen MR) is 68.8 cm³/mol. The summed E-state index contributed by atoms with van der Waals surface area (Å²) in [5, 5.41) is 10.3. The average Bonchev–Trinajstić information content (AvgIpc) is 2.67. The van der Waals surface area contributed by atoms with E-state index in [9.17, 15) is 14.7 Å². The zero-order chi connectivity index (χ0) is 13.4. The second-order valence-corrected chi connectivity index (χ2v) is 5.08. The minimum atomic E-state index is -0.681. The number of aryl methyl sites for hydroxylation is 2. The van der Waals surface area contributed by atoms with Gasteiger partial charge in [-0.2, -0.15) is 0 Å². The molecule has 2 aromatic heterocycles. The van der Waals surface area contributed by atoms with Crippen LogP contribution in [-0.2, 0) is 6.42 Å². The van der Waals surface area contributed by atoms with Crippen LogP contribution in [0.3, 0.4) is 0 Å². The number of hydrogen-bond donors (Lipinski definition) is 2. The molecule has 18 heavy (non-hydrogen) atoms. The number of aromatic amines is 1. The van der Waals surface area contributed by atoms with Crippen LogP contribution in [0, 0.1) is 13.8 Å². The van der Waals surface area contributed by atoms with Gasteiger partial charge in [-0.3, -0.25) is 9.78 Å². The Balaban J connectivity index is 2.75. The molecule has 0 aromatic carbocycles. The summed E-state index contributed by atoms with van der Waals surface area (Å²) in [7, 11) is 0. The van der Waals surface area contributed by atoms with Crippen molar-refractivity contribution in [3.63, 3.8) is 0 Å². The Morgan fingerprint density at radius 2 is 2.06 bits per heavy atom. The van der Waals surface area contributed by atoms with Crippen molar-refractivity contribution in [2.24, 2.45) is 0 Å². The van der Waals surface area contributed by atoms with Gasteiger partial charge in [-0.25, -0.2) is 14.3 Å². The molecule has 6 nitrogen and oxygen atoms in total. The number of aromatic nitrogens is 3. The van der Waals surface area contributed by atoms with E-state index in [4.69, 9.17) is 0 Å². The monoisotopic (exact) mass is 267 g/mol. The van der Waals surface area contributed by atoms with Crippen LogP contribution in [-0.4, -0.2) is 19.6 Å². The maximum atomic E-state index is 11.7. The summed E-state index contributed by atoms with van der Waals surface area (Å²) in [6.45, 7) is 5.32. The molecule has 7 heteroatoms. The van der Waals surface area contributed by atoms with Gasteiger partial charge in [-0.05, 0) is 20.3 Å². The summed E-state index contributed by atoms with van der Waals surface area (Å²) in [5.74, 6) is -0.361. The van der Waals surface area contributed by atoms with E-state index < -0.39 is 11.2 Å². The first kappa shape index (κ1) is 12.6. The van der Waals surface area contributed by atoms with Crippen LogP contribution < -0.4 is 11.2 Å². The summed E-state index contributed by atoms with van der Waals surface area (Å²) >= 11 is 1.30. The topological polar surface area (TPSA) is 88.0 Å². The standard InChI is InChI=1S/C11H13N3O3S/c1-4-7-6(3)18-11(12-7)14-9(16)5(2)8(15)13-10(14)17/h16H,4H2,1-3H3,(H,13,15,17). The third-order valence-corrected chi connectivity index (χ3v) is 3.72. The highest BCUT2D eigenvalue weighted by molar-refractivity contribution is 7.14. The van der Waals surface area contributed by atoms with Crippen molar-refractivity contribution in [1.82, 2.24) is 14.5 Å². The molecule has 2 heterocycles. The van der Waals surface area contributed by atoms with E-state index in [1.54, 1.807) is 0 Å². The number of aromatic hydroxyl groups is 1. The Kier molecular flexibility index (Phi) is 3.08. The Morgan fingerprint density at radius 1 is 1.39 bits per heavy atom. The van der Waals surface area contributed by atoms with Gasteiger partial charge in [0.1, 0.15) is 0 Å². The SMILES string of the molecule is CCc1nc(-n2c(O)c(C)c(=O)[nH]c2=O)sc1C. The van der Waals surface area contributed by atoms with Crippen LogP contribution in [0.25, 0.3) is 5.13 Å². The minimum absolute atomic E-state index is 0.0977. The molecule has 0 bridgehead atoms. The quantitative estimate of drug-likeness (QED) is 0.845. The first-order chi connectivity index (χ1) is 8.45. The van der Waals surface area contributed by atoms with Crippen molar-refractivity contribution in [2.45, 2.75) is 27.2 Å². The van der Waals surface area contributed by atoms with Crippen molar-refractivity contribution >= 4 is 11.3 Å². The maximum absolute atomic E-state index is 11.7. The molecule has 2 N–H and O–H groups in total. The fraction of sp³-hybridized carbons (Fsp3) is 0.364. The van der Waals surface area contributed by atoms with Crippen LogP contribution in [0.15, 0.2) is 9.59 Å². The summed E-state index contributed by atoms with van der Waals surface area (Å²) in [6, 6.07) is 0. The molecule has 0 radical (unpaired) electrons. The summed E-state index contributed by atoms with van der Waals surface area (Å²) in [6.07, 6.45) is 0.750. The smallest absolute Gasteiger partial charge is 0.337 e. The highest BCUT2D eigenvalue weighted by Crippen LogP contribution is 2.23. The van der Waals surface area contributed by atoms with Crippen LogP contribution >= 0.6 is 11.3 Å². The van der Waals surface area contributed by atoms with E-state index in [0.717, 1.165) is 21.6 Å². The summed E-state index contributed by atoms with van der Waals surface area (Å²) in [4.78, 5) is 30.5. The van der Waals surface area contributed by atoms with Gasteiger partial charge in [0, 0.05) is 4.88 Å². The second-order valence-electron chi connectivity index (χ2n) is 3.90. The van der Waals surface area contributed by atoms with Gasteiger partial charge in [-0.15, -0.1) is 11.3 Å². The Bertz CT molecular complexity index is 711. The molecular formula is C11H13N3O3S.